The molecule has 0 aliphatic heterocycles. The van der Waals surface area contributed by atoms with Crippen molar-refractivity contribution in [2.45, 2.75) is 19.8 Å². The molecule has 20 heavy (non-hydrogen) atoms. The molecule has 1 amide bonds. The molecular formula is C13H13BrClN3OS. The van der Waals surface area contributed by atoms with Gasteiger partial charge in [-0.3, -0.25) is 9.78 Å². The Kier molecular flexibility index (Phi) is 5.12. The average Bonchev–Trinajstić information content (AvgIpc) is 2.74. The number of nitrogens with one attached hydrogen (secondary N) is 1. The number of hydrogen-bond acceptors (Lipinski definition) is 4. The van der Waals surface area contributed by atoms with Crippen LogP contribution < -0.4 is 5.32 Å². The van der Waals surface area contributed by atoms with Crippen LogP contribution in [0.5, 0.6) is 0 Å². The molecule has 1 atom stereocenters. The fourth-order valence-electron chi connectivity index (χ4n) is 1.93. The van der Waals surface area contributed by atoms with Crippen molar-refractivity contribution in [3.05, 3.63) is 39.0 Å². The van der Waals surface area contributed by atoms with Crippen LogP contribution in [0.25, 0.3) is 0 Å². The molecule has 0 bridgehead atoms. The van der Waals surface area contributed by atoms with E-state index in [9.17, 15) is 4.79 Å². The lowest BCUT2D eigenvalue weighted by Gasteiger charge is -2.19. The van der Waals surface area contributed by atoms with Gasteiger partial charge in [0.15, 0.2) is 5.13 Å². The summed E-state index contributed by atoms with van der Waals surface area (Å²) in [6.07, 6.45) is 4.93. The lowest BCUT2D eigenvalue weighted by atomic mass is 9.89. The number of carbonyl (C=O) groups is 1. The highest BCUT2D eigenvalue weighted by Crippen LogP contribution is 2.29. The molecule has 0 aromatic carbocycles. The van der Waals surface area contributed by atoms with E-state index < -0.39 is 0 Å². The Morgan fingerprint density at radius 1 is 1.40 bits per heavy atom. The molecule has 1 N–H and O–H groups in total. The lowest BCUT2D eigenvalue weighted by molar-refractivity contribution is -0.118. The summed E-state index contributed by atoms with van der Waals surface area (Å²) in [6.45, 7) is 4.00. The number of aromatic nitrogens is 2. The van der Waals surface area contributed by atoms with Crippen molar-refractivity contribution in [2.75, 3.05) is 5.32 Å². The van der Waals surface area contributed by atoms with Crippen molar-refractivity contribution in [3.8, 4) is 0 Å². The number of hydrogen-bond donors (Lipinski definition) is 1. The van der Waals surface area contributed by atoms with Crippen LogP contribution in [0.2, 0.25) is 4.34 Å². The number of thiazole rings is 1. The van der Waals surface area contributed by atoms with Gasteiger partial charge in [-0.05, 0) is 33.5 Å². The van der Waals surface area contributed by atoms with Crippen LogP contribution in [0, 0.1) is 5.92 Å². The van der Waals surface area contributed by atoms with Gasteiger partial charge < -0.3 is 5.32 Å². The van der Waals surface area contributed by atoms with E-state index in [4.69, 9.17) is 11.6 Å². The number of anilines is 1. The second-order valence-electron chi connectivity index (χ2n) is 4.62. The Morgan fingerprint density at radius 3 is 2.70 bits per heavy atom. The highest BCUT2D eigenvalue weighted by Gasteiger charge is 2.25. The largest absolute Gasteiger partial charge is 0.301 e. The molecule has 0 radical (unpaired) electrons. The lowest BCUT2D eigenvalue weighted by Crippen LogP contribution is -2.25. The van der Waals surface area contributed by atoms with E-state index in [1.807, 2.05) is 19.9 Å². The van der Waals surface area contributed by atoms with Crippen LogP contribution in [0.3, 0.4) is 0 Å². The Bertz CT molecular complexity index is 617. The first-order valence-corrected chi connectivity index (χ1v) is 7.98. The first-order chi connectivity index (χ1) is 9.47. The number of rotatable bonds is 4. The third kappa shape index (κ3) is 3.77. The molecule has 2 aromatic heterocycles. The predicted octanol–water partition coefficient (Wildman–Crippen LogP) is 4.33. The monoisotopic (exact) mass is 373 g/mol. The smallest absolute Gasteiger partial charge is 0.234 e. The van der Waals surface area contributed by atoms with E-state index in [0.29, 0.717) is 9.47 Å². The Labute approximate surface area is 134 Å². The minimum atomic E-state index is -0.289. The Balaban J connectivity index is 2.22. The van der Waals surface area contributed by atoms with Gasteiger partial charge in [0.2, 0.25) is 5.91 Å². The van der Waals surface area contributed by atoms with Crippen molar-refractivity contribution in [1.29, 1.82) is 0 Å². The molecule has 0 saturated heterocycles. The van der Waals surface area contributed by atoms with Crippen LogP contribution in [-0.2, 0) is 4.79 Å². The maximum atomic E-state index is 12.4. The molecule has 7 heteroatoms. The first-order valence-electron chi connectivity index (χ1n) is 6.00. The van der Waals surface area contributed by atoms with E-state index in [-0.39, 0.29) is 17.7 Å². The molecule has 2 aromatic rings. The highest BCUT2D eigenvalue weighted by molar-refractivity contribution is 9.10. The minimum Gasteiger partial charge on any atom is -0.301 e. The molecule has 4 nitrogen and oxygen atoms in total. The summed E-state index contributed by atoms with van der Waals surface area (Å²) in [6, 6.07) is 1.91. The average molecular weight is 375 g/mol. The van der Waals surface area contributed by atoms with Gasteiger partial charge in [0.05, 0.1) is 12.1 Å². The van der Waals surface area contributed by atoms with Crippen LogP contribution in [0.15, 0.2) is 29.1 Å². The number of halogens is 2. The highest BCUT2D eigenvalue weighted by atomic mass is 79.9. The number of carbonyl (C=O) groups excluding carboxylic acids is 1. The molecule has 0 fully saturated rings. The zero-order chi connectivity index (χ0) is 14.7. The summed E-state index contributed by atoms with van der Waals surface area (Å²) in [7, 11) is 0. The van der Waals surface area contributed by atoms with Crippen molar-refractivity contribution in [2.24, 2.45) is 5.92 Å². The van der Waals surface area contributed by atoms with Gasteiger partial charge in [-0.2, -0.15) is 0 Å². The predicted molar refractivity (Wildman–Crippen MR) is 85.3 cm³/mol. The maximum Gasteiger partial charge on any atom is 0.234 e. The summed E-state index contributed by atoms with van der Waals surface area (Å²) in [5, 5.41) is 3.31. The fourth-order valence-corrected chi connectivity index (χ4v) is 3.13. The molecule has 0 aliphatic rings. The van der Waals surface area contributed by atoms with E-state index in [1.54, 1.807) is 12.4 Å². The number of nitrogens with zero attached hydrogens (tertiary/aromatic N) is 2. The SMILES string of the molecule is CC(C)C(C(=O)Nc1ncc(Cl)s1)c1cncc(Br)c1. The van der Waals surface area contributed by atoms with Crippen molar-refractivity contribution in [1.82, 2.24) is 9.97 Å². The van der Waals surface area contributed by atoms with E-state index in [2.05, 4.69) is 31.2 Å². The summed E-state index contributed by atoms with van der Waals surface area (Å²) < 4.78 is 1.40. The third-order valence-corrected chi connectivity index (χ3v) is 4.21. The van der Waals surface area contributed by atoms with Crippen molar-refractivity contribution in [3.63, 3.8) is 0 Å². The van der Waals surface area contributed by atoms with Gasteiger partial charge in [-0.1, -0.05) is 36.8 Å². The van der Waals surface area contributed by atoms with Gasteiger partial charge in [0.1, 0.15) is 4.34 Å². The third-order valence-electron chi connectivity index (χ3n) is 2.74. The first kappa shape index (κ1) is 15.4. The summed E-state index contributed by atoms with van der Waals surface area (Å²) >= 11 is 10.4. The van der Waals surface area contributed by atoms with Gasteiger partial charge in [0, 0.05) is 16.9 Å². The molecule has 106 valence electrons. The van der Waals surface area contributed by atoms with Crippen LogP contribution in [-0.4, -0.2) is 15.9 Å². The molecular weight excluding hydrogens is 362 g/mol. The topological polar surface area (TPSA) is 54.9 Å². The molecule has 0 spiro atoms. The molecule has 2 heterocycles. The molecule has 0 aliphatic carbocycles. The fraction of sp³-hybridized carbons (Fsp3) is 0.308. The second-order valence-corrected chi connectivity index (χ2v) is 7.19. The van der Waals surface area contributed by atoms with Crippen LogP contribution >= 0.6 is 38.9 Å². The quantitative estimate of drug-likeness (QED) is 0.866. The second kappa shape index (κ2) is 6.65. The Hall–Kier alpha value is -0.980. The van der Waals surface area contributed by atoms with Crippen LogP contribution in [0.4, 0.5) is 5.13 Å². The standard InChI is InChI=1S/C13H13BrClN3OS/c1-7(2)11(8-3-9(14)5-16-4-8)12(19)18-13-17-6-10(15)20-13/h3-7,11H,1-2H3,(H,17,18,19). The van der Waals surface area contributed by atoms with Crippen molar-refractivity contribution >= 4 is 49.9 Å². The van der Waals surface area contributed by atoms with E-state index in [1.165, 1.54) is 17.5 Å². The summed E-state index contributed by atoms with van der Waals surface area (Å²) in [5.41, 5.74) is 0.870. The van der Waals surface area contributed by atoms with Gasteiger partial charge in [-0.15, -0.1) is 0 Å². The zero-order valence-electron chi connectivity index (χ0n) is 10.9. The van der Waals surface area contributed by atoms with Crippen molar-refractivity contribution < 1.29 is 4.79 Å². The van der Waals surface area contributed by atoms with Gasteiger partial charge >= 0.3 is 0 Å². The number of amides is 1. The summed E-state index contributed by atoms with van der Waals surface area (Å²) in [5.74, 6) is -0.255. The molecule has 2 rings (SSSR count). The minimum absolute atomic E-state index is 0.106. The zero-order valence-corrected chi connectivity index (χ0v) is 14.1. The van der Waals surface area contributed by atoms with Gasteiger partial charge in [-0.25, -0.2) is 4.98 Å². The Morgan fingerprint density at radius 2 is 2.15 bits per heavy atom. The maximum absolute atomic E-state index is 12.4. The summed E-state index contributed by atoms with van der Waals surface area (Å²) in [4.78, 5) is 20.6. The van der Waals surface area contributed by atoms with E-state index in [0.717, 1.165) is 10.0 Å². The molecule has 0 saturated carbocycles. The molecule has 1 unspecified atom stereocenters. The van der Waals surface area contributed by atoms with E-state index >= 15 is 0 Å². The normalized spacial score (nSPS) is 12.4. The van der Waals surface area contributed by atoms with Gasteiger partial charge in [0.25, 0.3) is 0 Å². The number of pyridine rings is 1. The van der Waals surface area contributed by atoms with Crippen LogP contribution in [0.1, 0.15) is 25.3 Å².